The van der Waals surface area contributed by atoms with Crippen LogP contribution in [-0.2, 0) is 10.0 Å². The van der Waals surface area contributed by atoms with Gasteiger partial charge in [0.25, 0.3) is 10.0 Å². The summed E-state index contributed by atoms with van der Waals surface area (Å²) in [4.78, 5) is 3.89. The van der Waals surface area contributed by atoms with Gasteiger partial charge in [0.1, 0.15) is 5.75 Å². The Morgan fingerprint density at radius 3 is 2.60 bits per heavy atom. The van der Waals surface area contributed by atoms with Crippen LogP contribution in [0.15, 0.2) is 17.2 Å². The van der Waals surface area contributed by atoms with Crippen molar-refractivity contribution in [3.63, 3.8) is 0 Å². The molecule has 0 saturated heterocycles. The predicted molar refractivity (Wildman–Crippen MR) is 54.0 cm³/mol. The molecule has 1 aromatic heterocycles. The Morgan fingerprint density at radius 2 is 2.13 bits per heavy atom. The molecule has 0 amide bonds. The molecule has 1 aliphatic rings. The summed E-state index contributed by atoms with van der Waals surface area (Å²) < 4.78 is 27.5. The SMILES string of the molecule is Cc1nc(S(N)(=O)=O)ccc1OC1CC1. The molecule has 0 spiro atoms. The second kappa shape index (κ2) is 3.46. The van der Waals surface area contributed by atoms with E-state index in [1.807, 2.05) is 0 Å². The van der Waals surface area contributed by atoms with Crippen LogP contribution in [0.4, 0.5) is 0 Å². The Labute approximate surface area is 88.3 Å². The normalized spacial score (nSPS) is 16.4. The molecule has 1 fully saturated rings. The van der Waals surface area contributed by atoms with Gasteiger partial charge in [-0.3, -0.25) is 0 Å². The lowest BCUT2D eigenvalue weighted by Gasteiger charge is -2.07. The van der Waals surface area contributed by atoms with Crippen molar-refractivity contribution in [3.8, 4) is 5.75 Å². The zero-order valence-electron chi connectivity index (χ0n) is 8.30. The van der Waals surface area contributed by atoms with Gasteiger partial charge in [-0.15, -0.1) is 0 Å². The maximum atomic E-state index is 11.0. The van der Waals surface area contributed by atoms with Crippen molar-refractivity contribution in [1.29, 1.82) is 0 Å². The minimum absolute atomic E-state index is 0.122. The summed E-state index contributed by atoms with van der Waals surface area (Å²) in [5.41, 5.74) is 0.549. The molecule has 1 heterocycles. The number of rotatable bonds is 3. The van der Waals surface area contributed by atoms with E-state index < -0.39 is 10.0 Å². The number of aromatic nitrogens is 1. The predicted octanol–water partition coefficient (Wildman–Crippen LogP) is 0.579. The molecular weight excluding hydrogens is 216 g/mol. The van der Waals surface area contributed by atoms with Crippen molar-refractivity contribution in [1.82, 2.24) is 4.98 Å². The Kier molecular flexibility index (Phi) is 2.40. The van der Waals surface area contributed by atoms with Gasteiger partial charge in [0.2, 0.25) is 0 Å². The second-order valence-electron chi connectivity index (χ2n) is 3.60. The minimum atomic E-state index is -3.72. The number of hydrogen-bond donors (Lipinski definition) is 1. The van der Waals surface area contributed by atoms with Gasteiger partial charge in [0, 0.05) is 0 Å². The van der Waals surface area contributed by atoms with E-state index in [1.54, 1.807) is 13.0 Å². The van der Waals surface area contributed by atoms with Crippen LogP contribution >= 0.6 is 0 Å². The fourth-order valence-electron chi connectivity index (χ4n) is 1.17. The number of pyridine rings is 1. The molecule has 15 heavy (non-hydrogen) atoms. The first-order valence-corrected chi connectivity index (χ1v) is 6.18. The first-order valence-electron chi connectivity index (χ1n) is 4.64. The van der Waals surface area contributed by atoms with Gasteiger partial charge in [0.05, 0.1) is 11.8 Å². The molecular formula is C9H12N2O3S. The van der Waals surface area contributed by atoms with E-state index in [0.717, 1.165) is 12.8 Å². The van der Waals surface area contributed by atoms with Gasteiger partial charge < -0.3 is 4.74 Å². The lowest BCUT2D eigenvalue weighted by Crippen LogP contribution is -2.14. The molecule has 1 aliphatic carbocycles. The van der Waals surface area contributed by atoms with E-state index >= 15 is 0 Å². The Balaban J connectivity index is 2.29. The maximum absolute atomic E-state index is 11.0. The first kappa shape index (κ1) is 10.4. The fourth-order valence-corrected chi connectivity index (χ4v) is 1.70. The van der Waals surface area contributed by atoms with Gasteiger partial charge >= 0.3 is 0 Å². The van der Waals surface area contributed by atoms with Crippen LogP contribution < -0.4 is 9.88 Å². The summed E-state index contributed by atoms with van der Waals surface area (Å²) in [5, 5.41) is 4.84. The number of aryl methyl sites for hydroxylation is 1. The summed E-state index contributed by atoms with van der Waals surface area (Å²) in [6, 6.07) is 2.96. The molecule has 82 valence electrons. The highest BCUT2D eigenvalue weighted by Crippen LogP contribution is 2.28. The van der Waals surface area contributed by atoms with Crippen LogP contribution in [0.5, 0.6) is 5.75 Å². The summed E-state index contributed by atoms with van der Waals surface area (Å²) in [6.45, 7) is 1.70. The molecule has 6 heteroatoms. The summed E-state index contributed by atoms with van der Waals surface area (Å²) in [6.07, 6.45) is 2.37. The van der Waals surface area contributed by atoms with Gasteiger partial charge in [0.15, 0.2) is 5.03 Å². The van der Waals surface area contributed by atoms with Crippen LogP contribution in [0, 0.1) is 6.92 Å². The highest BCUT2D eigenvalue weighted by Gasteiger charge is 2.24. The molecule has 0 aromatic carbocycles. The van der Waals surface area contributed by atoms with Gasteiger partial charge in [-0.2, -0.15) is 0 Å². The zero-order valence-corrected chi connectivity index (χ0v) is 9.12. The summed E-state index contributed by atoms with van der Waals surface area (Å²) >= 11 is 0. The highest BCUT2D eigenvalue weighted by atomic mass is 32.2. The fraction of sp³-hybridized carbons (Fsp3) is 0.444. The molecule has 2 N–H and O–H groups in total. The average molecular weight is 228 g/mol. The lowest BCUT2D eigenvalue weighted by molar-refractivity contribution is 0.299. The van der Waals surface area contributed by atoms with E-state index in [9.17, 15) is 8.42 Å². The second-order valence-corrected chi connectivity index (χ2v) is 5.10. The third-order valence-corrected chi connectivity index (χ3v) is 2.93. The van der Waals surface area contributed by atoms with E-state index in [4.69, 9.17) is 9.88 Å². The van der Waals surface area contributed by atoms with Crippen LogP contribution in [0.1, 0.15) is 18.5 Å². The van der Waals surface area contributed by atoms with Crippen LogP contribution in [-0.4, -0.2) is 19.5 Å². The molecule has 0 bridgehead atoms. The summed E-state index contributed by atoms with van der Waals surface area (Å²) in [7, 11) is -3.72. The van der Waals surface area contributed by atoms with Gasteiger partial charge in [-0.1, -0.05) is 0 Å². The van der Waals surface area contributed by atoms with E-state index in [1.165, 1.54) is 6.07 Å². The van der Waals surface area contributed by atoms with Crippen LogP contribution in [0.25, 0.3) is 0 Å². The molecule has 0 atom stereocenters. The number of ether oxygens (including phenoxy) is 1. The van der Waals surface area contributed by atoms with Crippen LogP contribution in [0.3, 0.4) is 0 Å². The van der Waals surface area contributed by atoms with Crippen molar-refractivity contribution in [2.75, 3.05) is 0 Å². The maximum Gasteiger partial charge on any atom is 0.255 e. The summed E-state index contributed by atoms with van der Waals surface area (Å²) in [5.74, 6) is 0.630. The van der Waals surface area contributed by atoms with Crippen molar-refractivity contribution in [2.45, 2.75) is 30.9 Å². The Morgan fingerprint density at radius 1 is 1.47 bits per heavy atom. The monoisotopic (exact) mass is 228 g/mol. The number of hydrogen-bond acceptors (Lipinski definition) is 4. The molecule has 1 saturated carbocycles. The van der Waals surface area contributed by atoms with E-state index in [-0.39, 0.29) is 11.1 Å². The van der Waals surface area contributed by atoms with Crippen molar-refractivity contribution in [3.05, 3.63) is 17.8 Å². The smallest absolute Gasteiger partial charge is 0.255 e. The minimum Gasteiger partial charge on any atom is -0.489 e. The quantitative estimate of drug-likeness (QED) is 0.820. The van der Waals surface area contributed by atoms with Crippen LogP contribution in [0.2, 0.25) is 0 Å². The molecule has 2 rings (SSSR count). The first-order chi connectivity index (χ1) is 6.97. The standard InChI is InChI=1S/C9H12N2O3S/c1-6-8(14-7-2-3-7)4-5-9(11-6)15(10,12)13/h4-5,7H,2-3H2,1H3,(H2,10,12,13). The third-order valence-electron chi connectivity index (χ3n) is 2.12. The molecule has 0 aliphatic heterocycles. The number of sulfonamides is 1. The zero-order chi connectivity index (χ0) is 11.1. The molecule has 5 nitrogen and oxygen atoms in total. The Bertz CT molecular complexity index is 480. The van der Waals surface area contributed by atoms with E-state index in [2.05, 4.69) is 4.98 Å². The van der Waals surface area contributed by atoms with Crippen molar-refractivity contribution >= 4 is 10.0 Å². The third kappa shape index (κ3) is 2.45. The molecule has 0 unspecified atom stereocenters. The lowest BCUT2D eigenvalue weighted by atomic mass is 10.3. The van der Waals surface area contributed by atoms with E-state index in [0.29, 0.717) is 11.4 Å². The van der Waals surface area contributed by atoms with Crippen molar-refractivity contribution < 1.29 is 13.2 Å². The average Bonchev–Trinajstić information content (AvgIpc) is 2.90. The molecule has 1 aromatic rings. The number of nitrogens with two attached hydrogens (primary N) is 1. The largest absolute Gasteiger partial charge is 0.489 e. The van der Waals surface area contributed by atoms with Crippen molar-refractivity contribution in [2.24, 2.45) is 5.14 Å². The number of nitrogens with zero attached hydrogens (tertiary/aromatic N) is 1. The topological polar surface area (TPSA) is 82.3 Å². The highest BCUT2D eigenvalue weighted by molar-refractivity contribution is 7.89. The molecule has 0 radical (unpaired) electrons. The Hall–Kier alpha value is -1.14. The number of primary sulfonamides is 1. The van der Waals surface area contributed by atoms with Gasteiger partial charge in [-0.25, -0.2) is 18.5 Å². The van der Waals surface area contributed by atoms with Gasteiger partial charge in [-0.05, 0) is 31.9 Å².